The molecule has 0 saturated carbocycles. The van der Waals surface area contributed by atoms with Gasteiger partial charge in [0, 0.05) is 7.11 Å². The highest BCUT2D eigenvalue weighted by Crippen LogP contribution is 2.31. The van der Waals surface area contributed by atoms with E-state index in [4.69, 9.17) is 56.8 Å². The number of hydrogen-bond acceptors (Lipinski definition) is 31. The molecule has 32 heteroatoms. The van der Waals surface area contributed by atoms with Gasteiger partial charge in [0.25, 0.3) is 0 Å². The molecule has 30 atom stereocenters. The quantitative estimate of drug-likeness (QED) is 0.0643. The van der Waals surface area contributed by atoms with Crippen LogP contribution in [0.4, 0.5) is 0 Å². The number of methoxy groups -OCH3 is 1. The first-order chi connectivity index (χ1) is 32.5. The summed E-state index contributed by atoms with van der Waals surface area (Å²) < 4.78 is 64.8. The third-order valence-electron chi connectivity index (χ3n) is 12.5. The second-order valence-corrected chi connectivity index (χ2v) is 17.2. The van der Waals surface area contributed by atoms with Crippen molar-refractivity contribution in [2.45, 2.75) is 184 Å². The number of carboxylic acid groups (broad SMARTS) is 1. The topological polar surface area (TPSA) is 512 Å². The van der Waals surface area contributed by atoms with Crippen molar-refractivity contribution in [3.05, 3.63) is 0 Å². The van der Waals surface area contributed by atoms with E-state index < -0.39 is 223 Å². The Morgan fingerprint density at radius 2 is 0.507 bits per heavy atom. The summed E-state index contributed by atoms with van der Waals surface area (Å²) in [6, 6.07) is 0. The predicted octanol–water partition coefficient (Wildman–Crippen LogP) is -13.4. The molecule has 19 N–H and O–H groups in total. The van der Waals surface area contributed by atoms with Crippen LogP contribution in [0.3, 0.4) is 0 Å². The van der Waals surface area contributed by atoms with Crippen molar-refractivity contribution >= 4 is 5.97 Å². The standard InChI is InChI=1S/C37H62O32/c1-58-32-24(50)17(43)12(38)7(64-32)2-59-33-25(51)18(44)13(39)8(65-33)3-60-34-26(52)19(45)14(40)9(66-34)4-61-35-27(53)20(46)15(41)10(67-35)5-62-36-28(54)21(47)16(42)11(68-36)6-63-37-29(55)22(48)23(49)30(69-37)31(56)57/h7-30,32-55H,2-6H2,1H3,(H,56,57). The average molecular weight is 1020 g/mol. The maximum absolute atomic E-state index is 11.4. The Kier molecular flexibility index (Phi) is 19.7. The van der Waals surface area contributed by atoms with Crippen molar-refractivity contribution in [2.75, 3.05) is 40.1 Å². The van der Waals surface area contributed by atoms with E-state index in [-0.39, 0.29) is 0 Å². The number of carboxylic acids is 1. The molecule has 0 aliphatic carbocycles. The molecule has 0 radical (unpaired) electrons. The largest absolute Gasteiger partial charge is 0.479 e. The molecule has 0 spiro atoms. The van der Waals surface area contributed by atoms with Crippen LogP contribution >= 0.6 is 0 Å². The van der Waals surface area contributed by atoms with Gasteiger partial charge in [-0.25, -0.2) is 4.79 Å². The molecule has 6 aliphatic rings. The lowest BCUT2D eigenvalue weighted by Crippen LogP contribution is -2.63. The summed E-state index contributed by atoms with van der Waals surface area (Å²) in [7, 11) is 1.16. The summed E-state index contributed by atoms with van der Waals surface area (Å²) in [6.45, 7) is -3.81. The van der Waals surface area contributed by atoms with Crippen LogP contribution < -0.4 is 0 Å². The minimum Gasteiger partial charge on any atom is -0.479 e. The van der Waals surface area contributed by atoms with Gasteiger partial charge in [0.1, 0.15) is 140 Å². The Morgan fingerprint density at radius 1 is 0.304 bits per heavy atom. The van der Waals surface area contributed by atoms with Crippen molar-refractivity contribution in [1.82, 2.24) is 0 Å². The first-order valence-corrected chi connectivity index (χ1v) is 21.5. The SMILES string of the molecule is COC1OC(COC2OC(COC3OC(COC4OC(COC5OC(COC6OC(C(=O)O)C(O)C(O)C6O)C(O)C(O)C5O)C(O)C(O)C4O)C(O)C(O)C3O)C(O)C(O)C2O)C(O)C(O)C1O. The van der Waals surface area contributed by atoms with Gasteiger partial charge in [-0.1, -0.05) is 0 Å². The molecule has 0 bridgehead atoms. The van der Waals surface area contributed by atoms with Gasteiger partial charge >= 0.3 is 5.97 Å². The average Bonchev–Trinajstić information content (AvgIpc) is 3.32. The number of aliphatic hydroxyl groups is 18. The summed E-state index contributed by atoms with van der Waals surface area (Å²) in [4.78, 5) is 11.4. The van der Waals surface area contributed by atoms with E-state index >= 15 is 0 Å². The van der Waals surface area contributed by atoms with Crippen molar-refractivity contribution in [2.24, 2.45) is 0 Å². The van der Waals surface area contributed by atoms with Crippen LogP contribution in [0.2, 0.25) is 0 Å². The summed E-state index contributed by atoms with van der Waals surface area (Å²) in [5, 5.41) is 197. The molecular weight excluding hydrogens is 956 g/mol. The van der Waals surface area contributed by atoms with Gasteiger partial charge in [-0.15, -0.1) is 0 Å². The molecule has 0 aromatic heterocycles. The lowest BCUT2D eigenvalue weighted by molar-refractivity contribution is -0.352. The second kappa shape index (κ2) is 24.1. The summed E-state index contributed by atoms with van der Waals surface area (Å²) in [5.74, 6) is -1.71. The number of carbonyl (C=O) groups is 1. The minimum atomic E-state index is -2.04. The van der Waals surface area contributed by atoms with Gasteiger partial charge < -0.3 is 154 Å². The maximum atomic E-state index is 11.4. The van der Waals surface area contributed by atoms with Gasteiger partial charge in [0.05, 0.1) is 33.0 Å². The molecule has 6 fully saturated rings. The van der Waals surface area contributed by atoms with Crippen molar-refractivity contribution < 1.29 is 159 Å². The normalized spacial score (nSPS) is 52.1. The Labute approximate surface area is 388 Å². The van der Waals surface area contributed by atoms with E-state index in [1.165, 1.54) is 0 Å². The molecule has 0 aromatic carbocycles. The monoisotopic (exact) mass is 1020 g/mol. The third-order valence-corrected chi connectivity index (χ3v) is 12.5. The van der Waals surface area contributed by atoms with Crippen LogP contribution in [0.25, 0.3) is 0 Å². The Hall–Kier alpha value is -1.73. The zero-order valence-electron chi connectivity index (χ0n) is 36.2. The molecule has 6 aliphatic heterocycles. The fraction of sp³-hybridized carbons (Fsp3) is 0.973. The minimum absolute atomic E-state index is 0.614. The molecule has 402 valence electrons. The molecule has 6 heterocycles. The Bertz CT molecular complexity index is 1600. The van der Waals surface area contributed by atoms with Gasteiger partial charge in [0.2, 0.25) is 0 Å². The summed E-state index contributed by atoms with van der Waals surface area (Å²) >= 11 is 0. The second-order valence-electron chi connectivity index (χ2n) is 17.2. The number of ether oxygens (including phenoxy) is 12. The number of aliphatic carboxylic acids is 1. The fourth-order valence-electron chi connectivity index (χ4n) is 8.16. The van der Waals surface area contributed by atoms with E-state index in [0.29, 0.717) is 0 Å². The molecular formula is C37H62O32. The first kappa shape index (κ1) is 56.6. The van der Waals surface area contributed by atoms with Gasteiger partial charge in [-0.05, 0) is 0 Å². The van der Waals surface area contributed by atoms with Gasteiger partial charge in [-0.3, -0.25) is 0 Å². The van der Waals surface area contributed by atoms with Crippen molar-refractivity contribution in [3.8, 4) is 0 Å². The Balaban J connectivity index is 1.01. The molecule has 0 amide bonds. The first-order valence-electron chi connectivity index (χ1n) is 21.5. The number of rotatable bonds is 17. The molecule has 69 heavy (non-hydrogen) atoms. The van der Waals surface area contributed by atoms with Crippen LogP contribution in [0.5, 0.6) is 0 Å². The van der Waals surface area contributed by atoms with Crippen LogP contribution in [0, 0.1) is 0 Å². The maximum Gasteiger partial charge on any atom is 0.335 e. The third kappa shape index (κ3) is 12.3. The Morgan fingerprint density at radius 3 is 0.739 bits per heavy atom. The molecule has 6 saturated heterocycles. The molecule has 0 aromatic rings. The lowest BCUT2D eigenvalue weighted by Gasteiger charge is -2.44. The predicted molar refractivity (Wildman–Crippen MR) is 204 cm³/mol. The summed E-state index contributed by atoms with van der Waals surface area (Å²) in [5.41, 5.74) is 0. The zero-order chi connectivity index (χ0) is 50.9. The smallest absolute Gasteiger partial charge is 0.335 e. The summed E-state index contributed by atoms with van der Waals surface area (Å²) in [6.07, 6.45) is -55.1. The van der Waals surface area contributed by atoms with Gasteiger partial charge in [0.15, 0.2) is 43.8 Å². The number of hydrogen-bond donors (Lipinski definition) is 19. The fourth-order valence-corrected chi connectivity index (χ4v) is 8.16. The van der Waals surface area contributed by atoms with E-state index in [2.05, 4.69) is 0 Å². The van der Waals surface area contributed by atoms with E-state index in [9.17, 15) is 102 Å². The van der Waals surface area contributed by atoms with Crippen LogP contribution in [-0.4, -0.2) is 327 Å². The highest BCUT2D eigenvalue weighted by atomic mass is 16.8. The highest BCUT2D eigenvalue weighted by Gasteiger charge is 2.53. The van der Waals surface area contributed by atoms with Crippen LogP contribution in [0.1, 0.15) is 0 Å². The highest BCUT2D eigenvalue weighted by molar-refractivity contribution is 5.73. The van der Waals surface area contributed by atoms with E-state index in [1.807, 2.05) is 0 Å². The van der Waals surface area contributed by atoms with E-state index in [1.54, 1.807) is 0 Å². The zero-order valence-corrected chi connectivity index (χ0v) is 36.2. The molecule has 6 rings (SSSR count). The van der Waals surface area contributed by atoms with Crippen molar-refractivity contribution in [1.29, 1.82) is 0 Å². The van der Waals surface area contributed by atoms with Crippen LogP contribution in [-0.2, 0) is 61.6 Å². The van der Waals surface area contributed by atoms with Gasteiger partial charge in [-0.2, -0.15) is 0 Å². The van der Waals surface area contributed by atoms with E-state index in [0.717, 1.165) is 7.11 Å². The molecule has 30 unspecified atom stereocenters. The number of aliphatic hydroxyl groups excluding tert-OH is 18. The molecule has 32 nitrogen and oxygen atoms in total. The lowest BCUT2D eigenvalue weighted by atomic mass is 9.97. The van der Waals surface area contributed by atoms with Crippen molar-refractivity contribution in [3.63, 3.8) is 0 Å². The van der Waals surface area contributed by atoms with Crippen LogP contribution in [0.15, 0.2) is 0 Å².